The Kier molecular flexibility index (Phi) is 4.49. The van der Waals surface area contributed by atoms with Crippen LogP contribution in [0.2, 0.25) is 0 Å². The lowest BCUT2D eigenvalue weighted by Gasteiger charge is -2.15. The van der Waals surface area contributed by atoms with E-state index in [9.17, 15) is 4.79 Å². The van der Waals surface area contributed by atoms with Crippen molar-refractivity contribution in [1.82, 2.24) is 20.1 Å². The minimum absolute atomic E-state index is 0.206. The van der Waals surface area contributed by atoms with Crippen LogP contribution in [0.25, 0.3) is 0 Å². The molecule has 0 aliphatic carbocycles. The van der Waals surface area contributed by atoms with Gasteiger partial charge in [-0.3, -0.25) is 4.57 Å². The van der Waals surface area contributed by atoms with Crippen molar-refractivity contribution in [3.8, 4) is 0 Å². The summed E-state index contributed by atoms with van der Waals surface area (Å²) in [6.07, 6.45) is 0. The van der Waals surface area contributed by atoms with E-state index in [0.29, 0.717) is 5.16 Å². The van der Waals surface area contributed by atoms with Gasteiger partial charge in [-0.15, -0.1) is 5.10 Å². The van der Waals surface area contributed by atoms with Gasteiger partial charge in [-0.25, -0.2) is 9.89 Å². The fourth-order valence-electron chi connectivity index (χ4n) is 1.63. The van der Waals surface area contributed by atoms with Crippen molar-refractivity contribution in [2.75, 3.05) is 7.05 Å². The van der Waals surface area contributed by atoms with Gasteiger partial charge in [0.05, 0.1) is 0 Å². The van der Waals surface area contributed by atoms with Crippen LogP contribution in [-0.4, -0.2) is 21.8 Å². The highest BCUT2D eigenvalue weighted by Gasteiger charge is 2.13. The SMILES string of the molecule is CNC(C)c1cc(Br)ccc1Sc1n[nH]c(=O)n1C. The molecule has 0 radical (unpaired) electrons. The van der Waals surface area contributed by atoms with Crippen molar-refractivity contribution in [3.63, 3.8) is 0 Å². The maximum absolute atomic E-state index is 11.4. The molecule has 0 bridgehead atoms. The Bertz CT molecular complexity index is 637. The number of benzene rings is 1. The summed E-state index contributed by atoms with van der Waals surface area (Å²) in [5.74, 6) is 0. The van der Waals surface area contributed by atoms with Crippen LogP contribution in [0, 0.1) is 0 Å². The van der Waals surface area contributed by atoms with E-state index >= 15 is 0 Å². The third-order valence-electron chi connectivity index (χ3n) is 2.91. The molecule has 1 aromatic heterocycles. The van der Waals surface area contributed by atoms with Crippen LogP contribution in [0.5, 0.6) is 0 Å². The van der Waals surface area contributed by atoms with E-state index in [1.165, 1.54) is 16.3 Å². The van der Waals surface area contributed by atoms with E-state index in [1.807, 2.05) is 19.2 Å². The number of H-pyrrole nitrogens is 1. The summed E-state index contributed by atoms with van der Waals surface area (Å²) in [7, 11) is 3.62. The van der Waals surface area contributed by atoms with Gasteiger partial charge < -0.3 is 5.32 Å². The molecule has 2 rings (SSSR count). The van der Waals surface area contributed by atoms with Crippen LogP contribution in [0.4, 0.5) is 0 Å². The fraction of sp³-hybridized carbons (Fsp3) is 0.333. The highest BCUT2D eigenvalue weighted by Crippen LogP contribution is 2.33. The summed E-state index contributed by atoms with van der Waals surface area (Å²) in [5.41, 5.74) is 0.958. The Labute approximate surface area is 123 Å². The number of aromatic nitrogens is 3. The Morgan fingerprint density at radius 1 is 1.53 bits per heavy atom. The van der Waals surface area contributed by atoms with Gasteiger partial charge in [-0.1, -0.05) is 15.9 Å². The predicted octanol–water partition coefficient (Wildman–Crippen LogP) is 2.30. The van der Waals surface area contributed by atoms with Crippen molar-refractivity contribution in [3.05, 3.63) is 38.7 Å². The first-order valence-corrected chi connectivity index (χ1v) is 7.40. The van der Waals surface area contributed by atoms with E-state index in [-0.39, 0.29) is 11.7 Å². The van der Waals surface area contributed by atoms with Crippen molar-refractivity contribution in [2.45, 2.75) is 23.0 Å². The molecule has 0 fully saturated rings. The number of hydrogen-bond donors (Lipinski definition) is 2. The topological polar surface area (TPSA) is 62.7 Å². The largest absolute Gasteiger partial charge is 0.343 e. The Balaban J connectivity index is 2.39. The zero-order valence-electron chi connectivity index (χ0n) is 10.9. The molecule has 102 valence electrons. The molecule has 0 amide bonds. The second-order valence-corrected chi connectivity index (χ2v) is 6.09. The van der Waals surface area contributed by atoms with Gasteiger partial charge in [0.2, 0.25) is 0 Å². The average Bonchev–Trinajstić information content (AvgIpc) is 2.71. The highest BCUT2D eigenvalue weighted by atomic mass is 79.9. The van der Waals surface area contributed by atoms with Crippen molar-refractivity contribution < 1.29 is 0 Å². The molecular weight excluding hydrogens is 328 g/mol. The first kappa shape index (κ1) is 14.4. The van der Waals surface area contributed by atoms with Gasteiger partial charge in [-0.2, -0.15) is 0 Å². The summed E-state index contributed by atoms with van der Waals surface area (Å²) in [6, 6.07) is 6.31. The molecule has 0 spiro atoms. The molecule has 0 aliphatic heterocycles. The molecule has 0 saturated heterocycles. The van der Waals surface area contributed by atoms with E-state index in [4.69, 9.17) is 0 Å². The lowest BCUT2D eigenvalue weighted by atomic mass is 10.1. The van der Waals surface area contributed by atoms with Crippen LogP contribution in [0.3, 0.4) is 0 Å². The first-order valence-electron chi connectivity index (χ1n) is 5.79. The lowest BCUT2D eigenvalue weighted by Crippen LogP contribution is -2.14. The summed E-state index contributed by atoms with van der Waals surface area (Å²) in [5, 5.41) is 10.3. The number of nitrogens with one attached hydrogen (secondary N) is 2. The van der Waals surface area contributed by atoms with Crippen molar-refractivity contribution >= 4 is 27.7 Å². The number of halogens is 1. The quantitative estimate of drug-likeness (QED) is 0.894. The van der Waals surface area contributed by atoms with Crippen LogP contribution < -0.4 is 11.0 Å². The van der Waals surface area contributed by atoms with Gasteiger partial charge >= 0.3 is 5.69 Å². The fourth-order valence-corrected chi connectivity index (χ4v) is 3.00. The second kappa shape index (κ2) is 5.94. The average molecular weight is 343 g/mol. The highest BCUT2D eigenvalue weighted by molar-refractivity contribution is 9.10. The van der Waals surface area contributed by atoms with Gasteiger partial charge in [0.15, 0.2) is 5.16 Å². The molecular formula is C12H15BrN4OS. The van der Waals surface area contributed by atoms with Gasteiger partial charge in [0.25, 0.3) is 0 Å². The normalized spacial score (nSPS) is 12.6. The second-order valence-electron chi connectivity index (χ2n) is 4.16. The van der Waals surface area contributed by atoms with Crippen LogP contribution >= 0.6 is 27.7 Å². The number of nitrogens with zero attached hydrogens (tertiary/aromatic N) is 2. The zero-order valence-corrected chi connectivity index (χ0v) is 13.3. The van der Waals surface area contributed by atoms with E-state index in [1.54, 1.807) is 7.05 Å². The molecule has 0 aliphatic rings. The van der Waals surface area contributed by atoms with Gasteiger partial charge in [-0.05, 0) is 49.5 Å². The van der Waals surface area contributed by atoms with Gasteiger partial charge in [0.1, 0.15) is 0 Å². The molecule has 1 heterocycles. The van der Waals surface area contributed by atoms with E-state index in [0.717, 1.165) is 14.9 Å². The Hall–Kier alpha value is -1.05. The van der Waals surface area contributed by atoms with Crippen LogP contribution in [0.15, 0.2) is 37.5 Å². The molecule has 1 unspecified atom stereocenters. The third kappa shape index (κ3) is 3.10. The summed E-state index contributed by atoms with van der Waals surface area (Å²) < 4.78 is 2.53. The molecule has 7 heteroatoms. The molecule has 5 nitrogen and oxygen atoms in total. The lowest BCUT2D eigenvalue weighted by molar-refractivity contribution is 0.640. The summed E-state index contributed by atoms with van der Waals surface area (Å²) in [6.45, 7) is 2.09. The van der Waals surface area contributed by atoms with E-state index < -0.39 is 0 Å². The molecule has 19 heavy (non-hydrogen) atoms. The number of hydrogen-bond acceptors (Lipinski definition) is 4. The third-order valence-corrected chi connectivity index (χ3v) is 4.54. The minimum Gasteiger partial charge on any atom is -0.313 e. The minimum atomic E-state index is -0.206. The smallest absolute Gasteiger partial charge is 0.313 e. The Morgan fingerprint density at radius 3 is 2.84 bits per heavy atom. The van der Waals surface area contributed by atoms with Crippen molar-refractivity contribution in [2.24, 2.45) is 7.05 Å². The maximum atomic E-state index is 11.4. The molecule has 0 saturated carbocycles. The van der Waals surface area contributed by atoms with Crippen LogP contribution in [-0.2, 0) is 7.05 Å². The maximum Gasteiger partial charge on any atom is 0.343 e. The first-order chi connectivity index (χ1) is 9.02. The molecule has 2 aromatic rings. The monoisotopic (exact) mass is 342 g/mol. The summed E-state index contributed by atoms with van der Waals surface area (Å²) >= 11 is 4.96. The molecule has 1 aromatic carbocycles. The molecule has 1 atom stereocenters. The van der Waals surface area contributed by atoms with E-state index in [2.05, 4.69) is 44.4 Å². The number of aromatic amines is 1. The van der Waals surface area contributed by atoms with Crippen molar-refractivity contribution in [1.29, 1.82) is 0 Å². The predicted molar refractivity (Wildman–Crippen MR) is 79.6 cm³/mol. The van der Waals surface area contributed by atoms with Crippen LogP contribution in [0.1, 0.15) is 18.5 Å². The molecule has 2 N–H and O–H groups in total. The zero-order chi connectivity index (χ0) is 14.0. The Morgan fingerprint density at radius 2 is 2.26 bits per heavy atom. The number of rotatable bonds is 4. The standard InChI is InChI=1S/C12H15BrN4OS/c1-7(14-2)9-6-8(13)4-5-10(9)19-12-16-15-11(18)17(12)3/h4-7,14H,1-3H3,(H,15,18). The summed E-state index contributed by atoms with van der Waals surface area (Å²) in [4.78, 5) is 12.4. The van der Waals surface area contributed by atoms with Gasteiger partial charge in [0, 0.05) is 22.5 Å².